The van der Waals surface area contributed by atoms with Gasteiger partial charge in [0.05, 0.1) is 0 Å². The molecular weight excluding hydrogens is 186 g/mol. The molecule has 2 N–H and O–H groups in total. The molecule has 0 aromatic carbocycles. The van der Waals surface area contributed by atoms with Crippen molar-refractivity contribution < 1.29 is 5.11 Å². The van der Waals surface area contributed by atoms with Crippen LogP contribution >= 0.6 is 0 Å². The van der Waals surface area contributed by atoms with E-state index in [1.165, 1.54) is 19.3 Å². The second-order valence-electron chi connectivity index (χ2n) is 5.40. The van der Waals surface area contributed by atoms with Crippen molar-refractivity contribution in [1.82, 2.24) is 5.32 Å². The molecule has 0 aromatic heterocycles. The van der Waals surface area contributed by atoms with Gasteiger partial charge in [0.2, 0.25) is 0 Å². The van der Waals surface area contributed by atoms with Crippen LogP contribution in [0, 0.1) is 11.8 Å². The Morgan fingerprint density at radius 1 is 1.27 bits per heavy atom. The Bertz CT molecular complexity index is 172. The van der Waals surface area contributed by atoms with Crippen molar-refractivity contribution in [3.05, 3.63) is 0 Å². The molecule has 1 aliphatic carbocycles. The molecule has 4 atom stereocenters. The fraction of sp³-hybridized carbons (Fsp3) is 1.00. The number of hydrogen-bond donors (Lipinski definition) is 2. The molecule has 1 fully saturated rings. The average molecular weight is 213 g/mol. The van der Waals surface area contributed by atoms with Crippen LogP contribution in [0.1, 0.15) is 52.9 Å². The Morgan fingerprint density at radius 3 is 2.60 bits per heavy atom. The highest BCUT2D eigenvalue weighted by atomic mass is 16.2. The minimum atomic E-state index is 0.324. The summed E-state index contributed by atoms with van der Waals surface area (Å²) in [6, 6.07) is 1.27. The molecule has 0 aromatic rings. The third-order valence-corrected chi connectivity index (χ3v) is 3.91. The van der Waals surface area contributed by atoms with Crippen LogP contribution in [0.5, 0.6) is 0 Å². The Morgan fingerprint density at radius 2 is 2.00 bits per heavy atom. The van der Waals surface area contributed by atoms with Gasteiger partial charge in [-0.3, -0.25) is 0 Å². The molecule has 0 unspecified atom stereocenters. The van der Waals surface area contributed by atoms with Crippen molar-refractivity contribution >= 4 is 0 Å². The van der Waals surface area contributed by atoms with Crippen molar-refractivity contribution in [2.75, 3.05) is 6.61 Å². The zero-order valence-corrected chi connectivity index (χ0v) is 10.5. The highest BCUT2D eigenvalue weighted by Gasteiger charge is 2.24. The lowest BCUT2D eigenvalue weighted by Crippen LogP contribution is -2.41. The Kier molecular flexibility index (Phi) is 5.62. The first-order valence-corrected chi connectivity index (χ1v) is 6.50. The van der Waals surface area contributed by atoms with Gasteiger partial charge in [-0.2, -0.15) is 0 Å². The lowest BCUT2D eigenvalue weighted by molar-refractivity contribution is 0.210. The molecule has 0 heterocycles. The summed E-state index contributed by atoms with van der Waals surface area (Å²) in [5.41, 5.74) is 0. The zero-order chi connectivity index (χ0) is 11.3. The smallest absolute Gasteiger partial charge is 0.0431 e. The summed E-state index contributed by atoms with van der Waals surface area (Å²) in [6.07, 6.45) is 6.04. The van der Waals surface area contributed by atoms with E-state index in [1.807, 2.05) is 0 Å². The van der Waals surface area contributed by atoms with Crippen LogP contribution in [-0.2, 0) is 0 Å². The summed E-state index contributed by atoms with van der Waals surface area (Å²) in [5.74, 6) is 1.76. The Balaban J connectivity index is 2.21. The van der Waals surface area contributed by atoms with Crippen molar-refractivity contribution in [3.8, 4) is 0 Å². The van der Waals surface area contributed by atoms with Gasteiger partial charge in [-0.15, -0.1) is 0 Å². The summed E-state index contributed by atoms with van der Waals surface area (Å²) in [6.45, 7) is 7.30. The number of aliphatic hydroxyl groups is 1. The summed E-state index contributed by atoms with van der Waals surface area (Å²) in [7, 11) is 0. The second-order valence-corrected chi connectivity index (χ2v) is 5.40. The highest BCUT2D eigenvalue weighted by molar-refractivity contribution is 4.81. The molecule has 0 amide bonds. The van der Waals surface area contributed by atoms with Gasteiger partial charge in [0.25, 0.3) is 0 Å². The minimum Gasteiger partial charge on any atom is -0.396 e. The highest BCUT2D eigenvalue weighted by Crippen LogP contribution is 2.29. The number of aliphatic hydroxyl groups excluding tert-OH is 1. The molecule has 2 heteroatoms. The number of hydrogen-bond acceptors (Lipinski definition) is 2. The lowest BCUT2D eigenvalue weighted by Gasteiger charge is -2.34. The molecular formula is C13H27NO. The van der Waals surface area contributed by atoms with Gasteiger partial charge in [0.1, 0.15) is 0 Å². The van der Waals surface area contributed by atoms with Gasteiger partial charge in [-0.25, -0.2) is 0 Å². The fourth-order valence-corrected chi connectivity index (χ4v) is 2.58. The van der Waals surface area contributed by atoms with Gasteiger partial charge in [0, 0.05) is 18.7 Å². The SMILES string of the molecule is C[C@@H]1CC[C@@H](N[C@@H](C)CCCO)C[C@@H]1C. The van der Waals surface area contributed by atoms with E-state index in [4.69, 9.17) is 5.11 Å². The van der Waals surface area contributed by atoms with Crippen LogP contribution in [-0.4, -0.2) is 23.8 Å². The predicted molar refractivity (Wildman–Crippen MR) is 64.9 cm³/mol. The first-order valence-electron chi connectivity index (χ1n) is 6.50. The van der Waals surface area contributed by atoms with E-state index in [0.717, 1.165) is 24.7 Å². The summed E-state index contributed by atoms with van der Waals surface area (Å²) in [5, 5.41) is 12.5. The minimum absolute atomic E-state index is 0.324. The van der Waals surface area contributed by atoms with Gasteiger partial charge >= 0.3 is 0 Å². The summed E-state index contributed by atoms with van der Waals surface area (Å²) >= 11 is 0. The van der Waals surface area contributed by atoms with E-state index in [1.54, 1.807) is 0 Å². The van der Waals surface area contributed by atoms with E-state index in [0.29, 0.717) is 18.7 Å². The quantitative estimate of drug-likeness (QED) is 0.735. The third-order valence-electron chi connectivity index (χ3n) is 3.91. The average Bonchev–Trinajstić information content (AvgIpc) is 2.20. The van der Waals surface area contributed by atoms with Gasteiger partial charge < -0.3 is 10.4 Å². The maximum atomic E-state index is 8.77. The summed E-state index contributed by atoms with van der Waals surface area (Å²) < 4.78 is 0. The van der Waals surface area contributed by atoms with E-state index in [9.17, 15) is 0 Å². The molecule has 0 bridgehead atoms. The van der Waals surface area contributed by atoms with Gasteiger partial charge in [-0.1, -0.05) is 13.8 Å². The monoisotopic (exact) mass is 213 g/mol. The zero-order valence-electron chi connectivity index (χ0n) is 10.5. The first kappa shape index (κ1) is 13.0. The Labute approximate surface area is 94.5 Å². The second kappa shape index (κ2) is 6.49. The molecule has 1 rings (SSSR count). The van der Waals surface area contributed by atoms with E-state index in [2.05, 4.69) is 26.1 Å². The largest absolute Gasteiger partial charge is 0.396 e. The van der Waals surface area contributed by atoms with Crippen molar-refractivity contribution in [2.24, 2.45) is 11.8 Å². The molecule has 0 saturated heterocycles. The van der Waals surface area contributed by atoms with Crippen LogP contribution in [0.25, 0.3) is 0 Å². The molecule has 0 radical (unpaired) electrons. The van der Waals surface area contributed by atoms with Crippen LogP contribution in [0.15, 0.2) is 0 Å². The molecule has 1 saturated carbocycles. The van der Waals surface area contributed by atoms with Crippen LogP contribution < -0.4 is 5.32 Å². The fourth-order valence-electron chi connectivity index (χ4n) is 2.58. The van der Waals surface area contributed by atoms with E-state index >= 15 is 0 Å². The van der Waals surface area contributed by atoms with Crippen molar-refractivity contribution in [1.29, 1.82) is 0 Å². The predicted octanol–water partition coefficient (Wildman–Crippen LogP) is 2.56. The van der Waals surface area contributed by atoms with Gasteiger partial charge in [0.15, 0.2) is 0 Å². The van der Waals surface area contributed by atoms with Crippen LogP contribution in [0.2, 0.25) is 0 Å². The molecule has 0 spiro atoms. The van der Waals surface area contributed by atoms with Crippen molar-refractivity contribution in [3.63, 3.8) is 0 Å². The molecule has 1 aliphatic rings. The van der Waals surface area contributed by atoms with Gasteiger partial charge in [-0.05, 0) is 50.9 Å². The Hall–Kier alpha value is -0.0800. The van der Waals surface area contributed by atoms with Crippen LogP contribution in [0.4, 0.5) is 0 Å². The maximum absolute atomic E-state index is 8.77. The lowest BCUT2D eigenvalue weighted by atomic mass is 9.79. The maximum Gasteiger partial charge on any atom is 0.0431 e. The van der Waals surface area contributed by atoms with Crippen molar-refractivity contribution in [2.45, 2.75) is 65.0 Å². The molecule has 90 valence electrons. The van der Waals surface area contributed by atoms with E-state index < -0.39 is 0 Å². The standard InChI is InChI=1S/C13H27NO/c1-10-6-7-13(9-11(10)2)14-12(3)5-4-8-15/h10-15H,4-9H2,1-3H3/t10-,11+,12+,13-/m1/s1. The normalized spacial score (nSPS) is 34.0. The molecule has 0 aliphatic heterocycles. The summed E-state index contributed by atoms with van der Waals surface area (Å²) in [4.78, 5) is 0. The van der Waals surface area contributed by atoms with E-state index in [-0.39, 0.29) is 0 Å². The topological polar surface area (TPSA) is 32.3 Å². The first-order chi connectivity index (χ1) is 7.13. The molecule has 15 heavy (non-hydrogen) atoms. The molecule has 2 nitrogen and oxygen atoms in total. The number of rotatable bonds is 5. The number of nitrogens with one attached hydrogen (secondary N) is 1. The van der Waals surface area contributed by atoms with Crippen LogP contribution in [0.3, 0.4) is 0 Å². The third kappa shape index (κ3) is 4.52.